The van der Waals surface area contributed by atoms with E-state index in [-0.39, 0.29) is 11.6 Å². The van der Waals surface area contributed by atoms with Crippen molar-refractivity contribution in [3.8, 4) is 0 Å². The van der Waals surface area contributed by atoms with Gasteiger partial charge in [0.25, 0.3) is 0 Å². The summed E-state index contributed by atoms with van der Waals surface area (Å²) in [6.45, 7) is 6.30. The topological polar surface area (TPSA) is 35.2 Å². The summed E-state index contributed by atoms with van der Waals surface area (Å²) >= 11 is 0. The van der Waals surface area contributed by atoms with Crippen molar-refractivity contribution in [2.24, 2.45) is 5.73 Å². The van der Waals surface area contributed by atoms with Crippen molar-refractivity contribution in [3.05, 3.63) is 35.4 Å². The molecular formula is C14H23NO. The SMILES string of the molecule is COC(C)(C)CCC(N)c1ccccc1C. The number of hydrogen-bond donors (Lipinski definition) is 1. The highest BCUT2D eigenvalue weighted by molar-refractivity contribution is 5.28. The second kappa shape index (κ2) is 5.46. The first-order chi connectivity index (χ1) is 7.46. The lowest BCUT2D eigenvalue weighted by Crippen LogP contribution is -2.24. The Morgan fingerprint density at radius 2 is 1.94 bits per heavy atom. The first-order valence-corrected chi connectivity index (χ1v) is 5.82. The fourth-order valence-corrected chi connectivity index (χ4v) is 1.76. The van der Waals surface area contributed by atoms with E-state index in [0.717, 1.165) is 12.8 Å². The molecule has 1 aromatic rings. The zero-order valence-electron chi connectivity index (χ0n) is 10.8. The quantitative estimate of drug-likeness (QED) is 0.828. The fraction of sp³-hybridized carbons (Fsp3) is 0.571. The van der Waals surface area contributed by atoms with Crippen molar-refractivity contribution >= 4 is 0 Å². The van der Waals surface area contributed by atoms with Crippen LogP contribution in [0.3, 0.4) is 0 Å². The van der Waals surface area contributed by atoms with Crippen LogP contribution in [0.4, 0.5) is 0 Å². The summed E-state index contributed by atoms with van der Waals surface area (Å²) in [5.74, 6) is 0. The highest BCUT2D eigenvalue weighted by Gasteiger charge is 2.18. The maximum atomic E-state index is 6.20. The van der Waals surface area contributed by atoms with Gasteiger partial charge in [-0.15, -0.1) is 0 Å². The standard InChI is InChI=1S/C14H23NO/c1-11-7-5-6-8-12(11)13(15)9-10-14(2,3)16-4/h5-8,13H,9-10,15H2,1-4H3. The summed E-state index contributed by atoms with van der Waals surface area (Å²) in [5.41, 5.74) is 8.63. The van der Waals surface area contributed by atoms with Crippen molar-refractivity contribution in [1.82, 2.24) is 0 Å². The maximum Gasteiger partial charge on any atom is 0.0623 e. The first-order valence-electron chi connectivity index (χ1n) is 5.82. The Hall–Kier alpha value is -0.860. The van der Waals surface area contributed by atoms with Gasteiger partial charge in [0.15, 0.2) is 0 Å². The van der Waals surface area contributed by atoms with E-state index in [1.165, 1.54) is 11.1 Å². The molecule has 0 amide bonds. The van der Waals surface area contributed by atoms with Gasteiger partial charge in [-0.25, -0.2) is 0 Å². The smallest absolute Gasteiger partial charge is 0.0623 e. The Bertz CT molecular complexity index is 333. The summed E-state index contributed by atoms with van der Waals surface area (Å²) in [6.07, 6.45) is 1.92. The summed E-state index contributed by atoms with van der Waals surface area (Å²) in [6, 6.07) is 8.42. The highest BCUT2D eigenvalue weighted by atomic mass is 16.5. The van der Waals surface area contributed by atoms with Crippen LogP contribution in [0.1, 0.15) is 43.9 Å². The van der Waals surface area contributed by atoms with E-state index in [1.807, 2.05) is 12.1 Å². The molecule has 0 fully saturated rings. The summed E-state index contributed by atoms with van der Waals surface area (Å²) in [4.78, 5) is 0. The van der Waals surface area contributed by atoms with Crippen LogP contribution in [-0.4, -0.2) is 12.7 Å². The summed E-state index contributed by atoms with van der Waals surface area (Å²) in [7, 11) is 1.75. The van der Waals surface area contributed by atoms with E-state index in [2.05, 4.69) is 32.9 Å². The Morgan fingerprint density at radius 1 is 1.31 bits per heavy atom. The van der Waals surface area contributed by atoms with Crippen molar-refractivity contribution in [2.75, 3.05) is 7.11 Å². The summed E-state index contributed by atoms with van der Waals surface area (Å²) in [5, 5.41) is 0. The van der Waals surface area contributed by atoms with Gasteiger partial charge in [0.1, 0.15) is 0 Å². The van der Waals surface area contributed by atoms with Crippen molar-refractivity contribution in [1.29, 1.82) is 0 Å². The van der Waals surface area contributed by atoms with Crippen LogP contribution < -0.4 is 5.73 Å². The van der Waals surface area contributed by atoms with Gasteiger partial charge in [-0.2, -0.15) is 0 Å². The Kier molecular flexibility index (Phi) is 4.51. The number of ether oxygens (including phenoxy) is 1. The van der Waals surface area contributed by atoms with Crippen LogP contribution in [0.5, 0.6) is 0 Å². The molecule has 0 aliphatic rings. The van der Waals surface area contributed by atoms with Gasteiger partial charge in [-0.1, -0.05) is 24.3 Å². The first kappa shape index (κ1) is 13.2. The lowest BCUT2D eigenvalue weighted by molar-refractivity contribution is 0.0125. The molecule has 0 aliphatic carbocycles. The van der Waals surface area contributed by atoms with Crippen LogP contribution >= 0.6 is 0 Å². The number of rotatable bonds is 5. The maximum absolute atomic E-state index is 6.20. The van der Waals surface area contributed by atoms with E-state index in [1.54, 1.807) is 7.11 Å². The second-order valence-electron chi connectivity index (χ2n) is 4.97. The Morgan fingerprint density at radius 3 is 2.50 bits per heavy atom. The predicted molar refractivity (Wildman–Crippen MR) is 68.4 cm³/mol. The van der Waals surface area contributed by atoms with Crippen LogP contribution in [0, 0.1) is 6.92 Å². The number of methoxy groups -OCH3 is 1. The average molecular weight is 221 g/mol. The normalized spacial score (nSPS) is 13.8. The van der Waals surface area contributed by atoms with E-state index in [0.29, 0.717) is 0 Å². The van der Waals surface area contributed by atoms with Crippen LogP contribution in [0.15, 0.2) is 24.3 Å². The molecule has 0 aromatic heterocycles. The van der Waals surface area contributed by atoms with Crippen LogP contribution in [0.2, 0.25) is 0 Å². The molecule has 1 unspecified atom stereocenters. The molecule has 2 N–H and O–H groups in total. The monoisotopic (exact) mass is 221 g/mol. The van der Waals surface area contributed by atoms with Gasteiger partial charge in [-0.05, 0) is 44.7 Å². The fourth-order valence-electron chi connectivity index (χ4n) is 1.76. The third kappa shape index (κ3) is 3.62. The number of aryl methyl sites for hydroxylation is 1. The molecule has 0 aliphatic heterocycles. The van der Waals surface area contributed by atoms with Gasteiger partial charge in [-0.3, -0.25) is 0 Å². The van der Waals surface area contributed by atoms with Gasteiger partial charge < -0.3 is 10.5 Å². The predicted octanol–water partition coefficient (Wildman–Crippen LogP) is 3.20. The van der Waals surface area contributed by atoms with Gasteiger partial charge >= 0.3 is 0 Å². The highest BCUT2D eigenvalue weighted by Crippen LogP contribution is 2.24. The van der Waals surface area contributed by atoms with Crippen LogP contribution in [-0.2, 0) is 4.74 Å². The molecule has 90 valence electrons. The molecule has 0 saturated heterocycles. The lowest BCUT2D eigenvalue weighted by Gasteiger charge is -2.25. The molecule has 1 atom stereocenters. The van der Waals surface area contributed by atoms with Crippen molar-refractivity contribution in [2.45, 2.75) is 45.3 Å². The van der Waals surface area contributed by atoms with E-state index < -0.39 is 0 Å². The number of hydrogen-bond acceptors (Lipinski definition) is 2. The third-order valence-corrected chi connectivity index (χ3v) is 3.20. The molecular weight excluding hydrogens is 198 g/mol. The molecule has 0 radical (unpaired) electrons. The van der Waals surface area contributed by atoms with E-state index in [9.17, 15) is 0 Å². The molecule has 2 nitrogen and oxygen atoms in total. The zero-order valence-corrected chi connectivity index (χ0v) is 10.8. The van der Waals surface area contributed by atoms with Crippen molar-refractivity contribution in [3.63, 3.8) is 0 Å². The van der Waals surface area contributed by atoms with E-state index in [4.69, 9.17) is 10.5 Å². The summed E-state index contributed by atoms with van der Waals surface area (Å²) < 4.78 is 5.40. The van der Waals surface area contributed by atoms with Crippen molar-refractivity contribution < 1.29 is 4.74 Å². The average Bonchev–Trinajstić information content (AvgIpc) is 2.27. The zero-order chi connectivity index (χ0) is 12.2. The molecule has 16 heavy (non-hydrogen) atoms. The number of benzene rings is 1. The minimum atomic E-state index is -0.0830. The molecule has 2 heteroatoms. The Labute approximate surface area is 98.8 Å². The number of nitrogens with two attached hydrogens (primary N) is 1. The molecule has 0 heterocycles. The van der Waals surface area contributed by atoms with E-state index >= 15 is 0 Å². The van der Waals surface area contributed by atoms with Gasteiger partial charge in [0.2, 0.25) is 0 Å². The minimum Gasteiger partial charge on any atom is -0.379 e. The largest absolute Gasteiger partial charge is 0.379 e. The van der Waals surface area contributed by atoms with Crippen LogP contribution in [0.25, 0.3) is 0 Å². The van der Waals surface area contributed by atoms with Gasteiger partial charge in [0.05, 0.1) is 5.60 Å². The van der Waals surface area contributed by atoms with Gasteiger partial charge in [0, 0.05) is 13.2 Å². The molecule has 0 bridgehead atoms. The Balaban J connectivity index is 2.60. The molecule has 1 rings (SSSR count). The third-order valence-electron chi connectivity index (χ3n) is 3.20. The lowest BCUT2D eigenvalue weighted by atomic mass is 9.93. The molecule has 1 aromatic carbocycles. The molecule has 0 saturated carbocycles. The molecule has 0 spiro atoms. The minimum absolute atomic E-state index is 0.0830. The second-order valence-corrected chi connectivity index (χ2v) is 4.97.